The molecule has 17 heavy (non-hydrogen) atoms. The van der Waals surface area contributed by atoms with Crippen molar-refractivity contribution in [3.8, 4) is 0 Å². The smallest absolute Gasteiger partial charge is 0.317 e. The number of carbonyl (C=O) groups is 2. The van der Waals surface area contributed by atoms with Crippen LogP contribution in [0.2, 0.25) is 0 Å². The van der Waals surface area contributed by atoms with E-state index >= 15 is 0 Å². The molecular weight excluding hydrogens is 216 g/mol. The second-order valence-electron chi connectivity index (χ2n) is 5.31. The van der Waals surface area contributed by atoms with E-state index in [9.17, 15) is 9.59 Å². The summed E-state index contributed by atoms with van der Waals surface area (Å²) in [6.45, 7) is 5.80. The number of hydrogen-bond donors (Lipinski definition) is 0. The van der Waals surface area contributed by atoms with Crippen LogP contribution in [-0.2, 0) is 14.3 Å². The molecule has 1 heterocycles. The Hall–Kier alpha value is -1.34. The minimum Gasteiger partial charge on any atom is -0.393 e. The molecule has 0 spiro atoms. The highest BCUT2D eigenvalue weighted by Crippen LogP contribution is 2.40. The molecule has 0 aromatic carbocycles. The minimum absolute atomic E-state index is 0.217. The second-order valence-corrected chi connectivity index (χ2v) is 5.31. The highest BCUT2D eigenvalue weighted by Gasteiger charge is 2.41. The van der Waals surface area contributed by atoms with Gasteiger partial charge < -0.3 is 4.74 Å². The Bertz CT molecular complexity index is 379. The lowest BCUT2D eigenvalue weighted by Crippen LogP contribution is -2.28. The maximum absolute atomic E-state index is 11.6. The molecule has 1 aliphatic heterocycles. The van der Waals surface area contributed by atoms with Crippen molar-refractivity contribution >= 4 is 11.9 Å². The van der Waals surface area contributed by atoms with Crippen molar-refractivity contribution in [2.24, 2.45) is 23.7 Å². The molecule has 1 aliphatic carbocycles. The van der Waals surface area contributed by atoms with Gasteiger partial charge in [-0.1, -0.05) is 13.5 Å². The minimum atomic E-state index is -0.367. The third-order valence-electron chi connectivity index (χ3n) is 3.84. The van der Waals surface area contributed by atoms with E-state index in [0.717, 1.165) is 19.3 Å². The van der Waals surface area contributed by atoms with E-state index in [4.69, 9.17) is 0 Å². The molecule has 1 saturated heterocycles. The summed E-state index contributed by atoms with van der Waals surface area (Å²) >= 11 is 0. The van der Waals surface area contributed by atoms with Crippen molar-refractivity contribution in [1.29, 1.82) is 0 Å². The normalized spacial score (nSPS) is 37.5. The van der Waals surface area contributed by atoms with Gasteiger partial charge in [0.15, 0.2) is 0 Å². The predicted octanol–water partition coefficient (Wildman–Crippen LogP) is 2.47. The van der Waals surface area contributed by atoms with Crippen LogP contribution >= 0.6 is 0 Å². The van der Waals surface area contributed by atoms with Gasteiger partial charge in [-0.2, -0.15) is 0 Å². The van der Waals surface area contributed by atoms with E-state index in [1.54, 1.807) is 0 Å². The lowest BCUT2D eigenvalue weighted by molar-refractivity contribution is -0.153. The first kappa shape index (κ1) is 12.1. The molecule has 92 valence electrons. The maximum Gasteiger partial charge on any atom is 0.317 e. The summed E-state index contributed by atoms with van der Waals surface area (Å²) in [5.74, 6) is 0.374. The Morgan fingerprint density at radius 3 is 2.71 bits per heavy atom. The van der Waals surface area contributed by atoms with Crippen molar-refractivity contribution in [2.45, 2.75) is 32.6 Å². The molecule has 4 atom stereocenters. The fourth-order valence-electron chi connectivity index (χ4n) is 3.19. The van der Waals surface area contributed by atoms with Crippen molar-refractivity contribution in [3.05, 3.63) is 18.4 Å². The summed E-state index contributed by atoms with van der Waals surface area (Å²) in [7, 11) is 0. The SMILES string of the molecule is C=C=CC1CC(C)CC(C2CC(=O)OC2=O)C1. The number of allylic oxidation sites excluding steroid dienone is 1. The van der Waals surface area contributed by atoms with E-state index in [-0.39, 0.29) is 30.2 Å². The largest absolute Gasteiger partial charge is 0.393 e. The number of esters is 2. The maximum atomic E-state index is 11.6. The van der Waals surface area contributed by atoms with Crippen LogP contribution in [0.25, 0.3) is 0 Å². The molecule has 0 aromatic rings. The quantitative estimate of drug-likeness (QED) is 0.419. The zero-order valence-electron chi connectivity index (χ0n) is 10.1. The van der Waals surface area contributed by atoms with E-state index in [1.165, 1.54) is 0 Å². The monoisotopic (exact) mass is 234 g/mol. The summed E-state index contributed by atoms with van der Waals surface area (Å²) in [4.78, 5) is 22.7. The molecule has 4 unspecified atom stereocenters. The summed E-state index contributed by atoms with van der Waals surface area (Å²) in [5, 5.41) is 0. The van der Waals surface area contributed by atoms with Crippen molar-refractivity contribution in [3.63, 3.8) is 0 Å². The Labute approximate surface area is 102 Å². The van der Waals surface area contributed by atoms with Crippen LogP contribution in [-0.4, -0.2) is 11.9 Å². The van der Waals surface area contributed by atoms with Crippen molar-refractivity contribution in [2.75, 3.05) is 0 Å². The van der Waals surface area contributed by atoms with E-state index < -0.39 is 0 Å². The Balaban J connectivity index is 2.07. The van der Waals surface area contributed by atoms with Gasteiger partial charge in [0.25, 0.3) is 0 Å². The Morgan fingerprint density at radius 2 is 2.12 bits per heavy atom. The van der Waals surface area contributed by atoms with Crippen LogP contribution in [0.1, 0.15) is 32.6 Å². The fourth-order valence-corrected chi connectivity index (χ4v) is 3.19. The third kappa shape index (κ3) is 2.67. The number of cyclic esters (lactones) is 2. The van der Waals surface area contributed by atoms with Gasteiger partial charge in [0.2, 0.25) is 0 Å². The van der Waals surface area contributed by atoms with Gasteiger partial charge >= 0.3 is 11.9 Å². The highest BCUT2D eigenvalue weighted by atomic mass is 16.6. The van der Waals surface area contributed by atoms with Crippen LogP contribution in [0.5, 0.6) is 0 Å². The Morgan fingerprint density at radius 1 is 1.35 bits per heavy atom. The van der Waals surface area contributed by atoms with Gasteiger partial charge in [-0.05, 0) is 43.1 Å². The van der Waals surface area contributed by atoms with Crippen LogP contribution in [0.4, 0.5) is 0 Å². The first-order chi connectivity index (χ1) is 8.10. The van der Waals surface area contributed by atoms with E-state index in [1.807, 2.05) is 6.08 Å². The van der Waals surface area contributed by atoms with E-state index in [0.29, 0.717) is 11.8 Å². The van der Waals surface area contributed by atoms with Crippen LogP contribution < -0.4 is 0 Å². The first-order valence-electron chi connectivity index (χ1n) is 6.20. The topological polar surface area (TPSA) is 43.4 Å². The first-order valence-corrected chi connectivity index (χ1v) is 6.20. The summed E-state index contributed by atoms with van der Waals surface area (Å²) in [6, 6.07) is 0. The number of rotatable bonds is 2. The van der Waals surface area contributed by atoms with Gasteiger partial charge in [-0.15, -0.1) is 5.73 Å². The molecule has 0 bridgehead atoms. The lowest BCUT2D eigenvalue weighted by atomic mass is 9.70. The third-order valence-corrected chi connectivity index (χ3v) is 3.84. The second kappa shape index (κ2) is 4.89. The van der Waals surface area contributed by atoms with Gasteiger partial charge in [-0.3, -0.25) is 9.59 Å². The van der Waals surface area contributed by atoms with Crippen LogP contribution in [0, 0.1) is 23.7 Å². The predicted molar refractivity (Wildman–Crippen MR) is 62.9 cm³/mol. The Kier molecular flexibility index (Phi) is 3.49. The van der Waals surface area contributed by atoms with Crippen molar-refractivity contribution in [1.82, 2.24) is 0 Å². The number of hydrogen-bond acceptors (Lipinski definition) is 3. The average molecular weight is 234 g/mol. The van der Waals surface area contributed by atoms with Gasteiger partial charge in [0.05, 0.1) is 12.3 Å². The average Bonchev–Trinajstić information content (AvgIpc) is 2.57. The molecular formula is C14H18O3. The summed E-state index contributed by atoms with van der Waals surface area (Å²) in [6.07, 6.45) is 5.33. The summed E-state index contributed by atoms with van der Waals surface area (Å²) in [5.41, 5.74) is 2.83. The molecule has 1 saturated carbocycles. The fraction of sp³-hybridized carbons (Fsp3) is 0.643. The number of carbonyl (C=O) groups excluding carboxylic acids is 2. The molecule has 2 rings (SSSR count). The molecule has 0 N–H and O–H groups in total. The molecule has 0 aromatic heterocycles. The molecule has 3 nitrogen and oxygen atoms in total. The van der Waals surface area contributed by atoms with Gasteiger partial charge in [0, 0.05) is 0 Å². The number of ether oxygens (including phenoxy) is 1. The molecule has 2 fully saturated rings. The van der Waals surface area contributed by atoms with Crippen LogP contribution in [0.15, 0.2) is 18.4 Å². The molecule has 0 radical (unpaired) electrons. The van der Waals surface area contributed by atoms with Gasteiger partial charge in [0.1, 0.15) is 0 Å². The molecule has 3 heteroatoms. The van der Waals surface area contributed by atoms with Crippen LogP contribution in [0.3, 0.4) is 0 Å². The summed E-state index contributed by atoms with van der Waals surface area (Å²) < 4.78 is 4.64. The standard InChI is InChI=1S/C14H18O3/c1-3-4-10-5-9(2)6-11(7-10)12-8-13(15)17-14(12)16/h4,9-12H,1,5-8H2,2H3. The zero-order chi connectivity index (χ0) is 12.4. The lowest BCUT2D eigenvalue weighted by Gasteiger charge is -2.33. The van der Waals surface area contributed by atoms with E-state index in [2.05, 4.69) is 24.0 Å². The van der Waals surface area contributed by atoms with Gasteiger partial charge in [-0.25, -0.2) is 0 Å². The molecule has 0 amide bonds. The zero-order valence-corrected chi connectivity index (χ0v) is 10.1. The molecule has 2 aliphatic rings. The van der Waals surface area contributed by atoms with Crippen molar-refractivity contribution < 1.29 is 14.3 Å². The highest BCUT2D eigenvalue weighted by molar-refractivity contribution is 5.94.